The SMILES string of the molecule is C=Cc1ccc(-c2n[nH]c3ccc(C(=O)NCc4ccc(N(O)SC)cc4)cc23)nc1/C=C\C.CC. The van der Waals surface area contributed by atoms with E-state index in [1.54, 1.807) is 30.5 Å². The summed E-state index contributed by atoms with van der Waals surface area (Å²) in [5.41, 5.74) is 6.11. The van der Waals surface area contributed by atoms with Crippen molar-refractivity contribution >= 4 is 46.6 Å². The molecule has 0 fully saturated rings. The maximum Gasteiger partial charge on any atom is 0.251 e. The van der Waals surface area contributed by atoms with Gasteiger partial charge in [-0.25, -0.2) is 4.98 Å². The summed E-state index contributed by atoms with van der Waals surface area (Å²) in [5.74, 6) is -0.185. The first-order valence-corrected chi connectivity index (χ1v) is 12.9. The fourth-order valence-corrected chi connectivity index (χ4v) is 3.90. The van der Waals surface area contributed by atoms with Crippen LogP contribution in [0.2, 0.25) is 0 Å². The Morgan fingerprint density at radius 1 is 1.17 bits per heavy atom. The second kappa shape index (κ2) is 12.7. The maximum absolute atomic E-state index is 12.8. The normalized spacial score (nSPS) is 10.7. The number of aromatic amines is 1. The van der Waals surface area contributed by atoms with Gasteiger partial charge in [0.1, 0.15) is 5.69 Å². The molecule has 7 nitrogen and oxygen atoms in total. The van der Waals surface area contributed by atoms with Crippen LogP contribution in [0, 0.1) is 0 Å². The largest absolute Gasteiger partial charge is 0.348 e. The number of allylic oxidation sites excluding steroid dienone is 1. The van der Waals surface area contributed by atoms with E-state index in [-0.39, 0.29) is 5.91 Å². The number of carbonyl (C=O) groups excluding carboxylic acids is 1. The maximum atomic E-state index is 12.8. The highest BCUT2D eigenvalue weighted by molar-refractivity contribution is 7.99. The fraction of sp³-hybridized carbons (Fsp3) is 0.179. The number of hydrogen-bond acceptors (Lipinski definition) is 6. The zero-order valence-corrected chi connectivity index (χ0v) is 21.8. The Morgan fingerprint density at radius 2 is 1.92 bits per heavy atom. The molecule has 1 amide bonds. The highest BCUT2D eigenvalue weighted by Crippen LogP contribution is 2.27. The molecule has 0 spiro atoms. The average molecular weight is 502 g/mol. The Balaban J connectivity index is 0.00000176. The van der Waals surface area contributed by atoms with Crippen LogP contribution in [-0.2, 0) is 6.54 Å². The number of anilines is 1. The molecule has 0 saturated heterocycles. The summed E-state index contributed by atoms with van der Waals surface area (Å²) in [5, 5.41) is 21.0. The van der Waals surface area contributed by atoms with Crippen molar-refractivity contribution in [1.29, 1.82) is 0 Å². The van der Waals surface area contributed by atoms with Crippen LogP contribution in [0.3, 0.4) is 0 Å². The van der Waals surface area contributed by atoms with Gasteiger partial charge in [-0.3, -0.25) is 15.1 Å². The van der Waals surface area contributed by atoms with Gasteiger partial charge in [-0.15, -0.1) is 0 Å². The minimum atomic E-state index is -0.185. The highest BCUT2D eigenvalue weighted by Gasteiger charge is 2.14. The third-order valence-electron chi connectivity index (χ3n) is 5.35. The van der Waals surface area contributed by atoms with Crippen molar-refractivity contribution in [2.45, 2.75) is 27.3 Å². The van der Waals surface area contributed by atoms with Gasteiger partial charge in [-0.1, -0.05) is 50.8 Å². The van der Waals surface area contributed by atoms with Crippen LogP contribution in [0.5, 0.6) is 0 Å². The Morgan fingerprint density at radius 3 is 2.58 bits per heavy atom. The fourth-order valence-electron chi connectivity index (χ4n) is 3.56. The Bertz CT molecular complexity index is 1360. The molecule has 186 valence electrons. The van der Waals surface area contributed by atoms with Crippen LogP contribution >= 0.6 is 11.9 Å². The predicted molar refractivity (Wildman–Crippen MR) is 151 cm³/mol. The zero-order valence-electron chi connectivity index (χ0n) is 20.9. The molecule has 0 unspecified atom stereocenters. The number of pyridine rings is 1. The van der Waals surface area contributed by atoms with E-state index in [0.717, 1.165) is 32.2 Å². The number of fused-ring (bicyclic) bond motifs is 1. The monoisotopic (exact) mass is 501 g/mol. The summed E-state index contributed by atoms with van der Waals surface area (Å²) in [6.45, 7) is 10.2. The molecule has 3 N–H and O–H groups in total. The molecule has 36 heavy (non-hydrogen) atoms. The lowest BCUT2D eigenvalue weighted by Crippen LogP contribution is -2.22. The number of carbonyl (C=O) groups is 1. The van der Waals surface area contributed by atoms with Crippen LogP contribution in [0.25, 0.3) is 34.4 Å². The molecule has 4 rings (SSSR count). The van der Waals surface area contributed by atoms with E-state index in [0.29, 0.717) is 29.2 Å². The van der Waals surface area contributed by atoms with Gasteiger partial charge < -0.3 is 5.32 Å². The molecular formula is C28H31N5O2S. The molecular weight excluding hydrogens is 470 g/mol. The van der Waals surface area contributed by atoms with Crippen LogP contribution in [0.15, 0.2) is 67.3 Å². The minimum Gasteiger partial charge on any atom is -0.348 e. The van der Waals surface area contributed by atoms with E-state index in [9.17, 15) is 10.0 Å². The van der Waals surface area contributed by atoms with Crippen LogP contribution < -0.4 is 9.79 Å². The molecule has 8 heteroatoms. The van der Waals surface area contributed by atoms with Crippen molar-refractivity contribution in [3.63, 3.8) is 0 Å². The molecule has 2 aromatic heterocycles. The second-order valence-corrected chi connectivity index (χ2v) is 8.22. The number of nitrogens with one attached hydrogen (secondary N) is 2. The van der Waals surface area contributed by atoms with Gasteiger partial charge in [-0.05, 0) is 72.5 Å². The topological polar surface area (TPSA) is 94.1 Å². The summed E-state index contributed by atoms with van der Waals surface area (Å²) >= 11 is 1.20. The Kier molecular flexibility index (Phi) is 9.44. The van der Waals surface area contributed by atoms with Gasteiger partial charge in [0.15, 0.2) is 0 Å². The van der Waals surface area contributed by atoms with Gasteiger partial charge in [0.25, 0.3) is 5.91 Å². The molecule has 2 heterocycles. The number of H-pyrrole nitrogens is 1. The van der Waals surface area contributed by atoms with E-state index >= 15 is 0 Å². The average Bonchev–Trinajstić information content (AvgIpc) is 3.36. The molecule has 0 aliphatic heterocycles. The predicted octanol–water partition coefficient (Wildman–Crippen LogP) is 6.73. The van der Waals surface area contributed by atoms with E-state index in [4.69, 9.17) is 4.98 Å². The van der Waals surface area contributed by atoms with Crippen LogP contribution in [0.1, 0.15) is 48.0 Å². The lowest BCUT2D eigenvalue weighted by atomic mass is 10.1. The standard InChI is InChI=1S/C26H25N5O2S.C2H6/c1-4-6-22-18(5-2)9-14-24(28-22)25-21-15-19(10-13-23(21)29-30-25)26(32)27-16-17-7-11-20(12-8-17)31(33)34-3;1-2/h4-15,33H,2,16H2,1,3H3,(H,27,32)(H,29,30);1-2H3/b6-4-;. The first-order valence-electron chi connectivity index (χ1n) is 11.7. The van der Waals surface area contributed by atoms with E-state index in [1.807, 2.05) is 69.3 Å². The number of nitrogens with zero attached hydrogens (tertiary/aromatic N) is 3. The molecule has 4 aromatic rings. The van der Waals surface area contributed by atoms with Crippen molar-refractivity contribution in [3.8, 4) is 11.4 Å². The zero-order chi connectivity index (χ0) is 26.1. The number of benzene rings is 2. The van der Waals surface area contributed by atoms with Crippen molar-refractivity contribution in [1.82, 2.24) is 20.5 Å². The van der Waals surface area contributed by atoms with Gasteiger partial charge in [0.2, 0.25) is 0 Å². The lowest BCUT2D eigenvalue weighted by Gasteiger charge is -2.13. The molecule has 0 bridgehead atoms. The van der Waals surface area contributed by atoms with Crippen molar-refractivity contribution in [3.05, 3.63) is 89.6 Å². The summed E-state index contributed by atoms with van der Waals surface area (Å²) in [6, 6.07) is 16.6. The van der Waals surface area contributed by atoms with Crippen LogP contribution in [0.4, 0.5) is 5.69 Å². The van der Waals surface area contributed by atoms with Gasteiger partial charge in [0, 0.05) is 23.8 Å². The molecule has 2 aromatic carbocycles. The Labute approximate surface area is 216 Å². The smallest absolute Gasteiger partial charge is 0.251 e. The Hall–Kier alpha value is -3.88. The van der Waals surface area contributed by atoms with E-state index in [2.05, 4.69) is 22.1 Å². The summed E-state index contributed by atoms with van der Waals surface area (Å²) in [4.78, 5) is 17.6. The number of amides is 1. The number of aromatic nitrogens is 3. The highest BCUT2D eigenvalue weighted by atomic mass is 32.2. The number of rotatable bonds is 8. The van der Waals surface area contributed by atoms with Crippen molar-refractivity contribution in [2.24, 2.45) is 0 Å². The second-order valence-electron chi connectivity index (χ2n) is 7.51. The third-order valence-corrected chi connectivity index (χ3v) is 5.91. The third kappa shape index (κ3) is 6.02. The molecule has 0 saturated carbocycles. The van der Waals surface area contributed by atoms with Crippen molar-refractivity contribution in [2.75, 3.05) is 10.7 Å². The molecule has 0 aliphatic rings. The van der Waals surface area contributed by atoms with E-state index < -0.39 is 0 Å². The van der Waals surface area contributed by atoms with Gasteiger partial charge >= 0.3 is 0 Å². The first-order chi connectivity index (χ1) is 17.5. The number of hydrogen-bond donors (Lipinski definition) is 3. The first kappa shape index (κ1) is 26.7. The molecule has 0 atom stereocenters. The quantitative estimate of drug-likeness (QED) is 0.183. The molecule has 0 aliphatic carbocycles. The van der Waals surface area contributed by atoms with E-state index in [1.165, 1.54) is 11.9 Å². The molecule has 0 radical (unpaired) electrons. The summed E-state index contributed by atoms with van der Waals surface area (Å²) in [6.07, 6.45) is 7.41. The van der Waals surface area contributed by atoms with Crippen LogP contribution in [-0.4, -0.2) is 32.6 Å². The van der Waals surface area contributed by atoms with Gasteiger partial charge in [0.05, 0.1) is 22.6 Å². The summed E-state index contributed by atoms with van der Waals surface area (Å²) < 4.78 is 1.08. The minimum absolute atomic E-state index is 0.185. The summed E-state index contributed by atoms with van der Waals surface area (Å²) in [7, 11) is 0. The van der Waals surface area contributed by atoms with Crippen molar-refractivity contribution < 1.29 is 10.0 Å². The lowest BCUT2D eigenvalue weighted by molar-refractivity contribution is 0.0951. The van der Waals surface area contributed by atoms with Gasteiger partial charge in [-0.2, -0.15) is 9.57 Å².